The number of nitrogens with zero attached hydrogens (tertiary/aromatic N) is 3. The van der Waals surface area contributed by atoms with Gasteiger partial charge in [-0.3, -0.25) is 14.6 Å². The van der Waals surface area contributed by atoms with Crippen molar-refractivity contribution in [2.45, 2.75) is 71.5 Å². The molecule has 8 nitrogen and oxygen atoms in total. The standard InChI is InChI=1S/C14H22F3N3O.C12H15NO3.C2H6/c1-3-8-19-13(14(15,16)17)20(10-4-2)11-7-5-6-9-18-12-21;1-8(14)11(15)12(16)13-6-9-4-2-3-5-10(9)7-13;1-2/h3-4,12H,1-2,5-11H2,(H,18,21);2-5,8,11,14-15H,6-7H2,1H3;1-2H3/t;8-,11+;/m.0./s1. The van der Waals surface area contributed by atoms with Gasteiger partial charge in [0.05, 0.1) is 12.6 Å². The Kier molecular flexibility index (Phi) is 18.2. The summed E-state index contributed by atoms with van der Waals surface area (Å²) < 4.78 is 39.0. The molecular formula is C28H43F3N4O4. The molecule has 1 aliphatic heterocycles. The molecule has 0 radical (unpaired) electrons. The smallest absolute Gasteiger partial charge is 0.390 e. The highest BCUT2D eigenvalue weighted by atomic mass is 19.4. The van der Waals surface area contributed by atoms with E-state index >= 15 is 0 Å². The zero-order valence-electron chi connectivity index (χ0n) is 23.2. The third-order valence-corrected chi connectivity index (χ3v) is 5.47. The molecule has 0 bridgehead atoms. The summed E-state index contributed by atoms with van der Waals surface area (Å²) in [6.45, 7) is 14.1. The first-order chi connectivity index (χ1) is 18.6. The Morgan fingerprint density at radius 1 is 1.13 bits per heavy atom. The molecule has 11 heteroatoms. The van der Waals surface area contributed by atoms with Crippen LogP contribution >= 0.6 is 0 Å². The predicted octanol–water partition coefficient (Wildman–Crippen LogP) is 3.83. The number of amidine groups is 1. The lowest BCUT2D eigenvalue weighted by atomic mass is 10.1. The van der Waals surface area contributed by atoms with Gasteiger partial charge in [0.15, 0.2) is 6.10 Å². The molecule has 1 aliphatic rings. The van der Waals surface area contributed by atoms with Gasteiger partial charge >= 0.3 is 6.18 Å². The average Bonchev–Trinajstić information content (AvgIpc) is 3.35. The van der Waals surface area contributed by atoms with Gasteiger partial charge < -0.3 is 25.3 Å². The Morgan fingerprint density at radius 2 is 1.72 bits per heavy atom. The Hall–Kier alpha value is -3.18. The van der Waals surface area contributed by atoms with Crippen LogP contribution < -0.4 is 5.32 Å². The summed E-state index contributed by atoms with van der Waals surface area (Å²) in [5.41, 5.74) is 2.21. The molecule has 1 aromatic rings. The second kappa shape index (κ2) is 19.8. The molecule has 0 aromatic heterocycles. The van der Waals surface area contributed by atoms with Crippen molar-refractivity contribution >= 4 is 18.2 Å². The van der Waals surface area contributed by atoms with E-state index in [-0.39, 0.29) is 19.6 Å². The number of rotatable bonds is 13. The molecule has 2 atom stereocenters. The summed E-state index contributed by atoms with van der Waals surface area (Å²) in [5.74, 6) is -1.31. The number of aliphatic imine (C=N–C) groups is 1. The van der Waals surface area contributed by atoms with Crippen LogP contribution in [0, 0.1) is 0 Å². The maximum Gasteiger partial charge on any atom is 0.449 e. The Labute approximate surface area is 229 Å². The van der Waals surface area contributed by atoms with Crippen LogP contribution in [0.4, 0.5) is 13.2 Å². The van der Waals surface area contributed by atoms with Crippen molar-refractivity contribution in [2.75, 3.05) is 26.2 Å². The molecule has 39 heavy (non-hydrogen) atoms. The quantitative estimate of drug-likeness (QED) is 0.113. The second-order valence-electron chi connectivity index (χ2n) is 8.47. The summed E-state index contributed by atoms with van der Waals surface area (Å²) in [5, 5.41) is 21.2. The summed E-state index contributed by atoms with van der Waals surface area (Å²) in [4.78, 5) is 28.1. The molecule has 0 unspecified atom stereocenters. The molecular weight excluding hydrogens is 513 g/mol. The maximum absolute atomic E-state index is 13.0. The molecule has 2 rings (SSSR count). The number of unbranched alkanes of at least 4 members (excludes halogenated alkanes) is 2. The van der Waals surface area contributed by atoms with E-state index in [0.29, 0.717) is 32.5 Å². The first kappa shape index (κ1) is 35.8. The highest BCUT2D eigenvalue weighted by molar-refractivity contribution is 5.87. The zero-order chi connectivity index (χ0) is 29.8. The van der Waals surface area contributed by atoms with Gasteiger partial charge in [-0.25, -0.2) is 0 Å². The predicted molar refractivity (Wildman–Crippen MR) is 148 cm³/mol. The normalized spacial score (nSPS) is 13.9. The fourth-order valence-corrected chi connectivity index (χ4v) is 3.61. The van der Waals surface area contributed by atoms with Crippen molar-refractivity contribution in [1.29, 1.82) is 0 Å². The second-order valence-corrected chi connectivity index (χ2v) is 8.47. The minimum absolute atomic E-state index is 0.0776. The van der Waals surface area contributed by atoms with Crippen LogP contribution in [0.25, 0.3) is 0 Å². The van der Waals surface area contributed by atoms with Gasteiger partial charge in [0.1, 0.15) is 0 Å². The topological polar surface area (TPSA) is 105 Å². The molecule has 0 fully saturated rings. The minimum Gasteiger partial charge on any atom is -0.390 e. The van der Waals surface area contributed by atoms with E-state index in [4.69, 9.17) is 0 Å². The molecule has 3 N–H and O–H groups in total. The molecule has 0 saturated heterocycles. The summed E-state index contributed by atoms with van der Waals surface area (Å²) in [7, 11) is 0. The number of amides is 2. The highest BCUT2D eigenvalue weighted by Crippen LogP contribution is 2.23. The van der Waals surface area contributed by atoms with E-state index in [9.17, 15) is 33.0 Å². The van der Waals surface area contributed by atoms with Gasteiger partial charge in [0.2, 0.25) is 12.2 Å². The monoisotopic (exact) mass is 556 g/mol. The molecule has 0 spiro atoms. The lowest BCUT2D eigenvalue weighted by Crippen LogP contribution is -2.42. The number of aliphatic hydroxyl groups is 2. The van der Waals surface area contributed by atoms with Crippen LogP contribution in [0.2, 0.25) is 0 Å². The first-order valence-electron chi connectivity index (χ1n) is 13.0. The number of carbonyl (C=O) groups excluding carboxylic acids is 2. The van der Waals surface area contributed by atoms with Crippen molar-refractivity contribution < 1.29 is 33.0 Å². The van der Waals surface area contributed by atoms with Gasteiger partial charge in [0, 0.05) is 32.7 Å². The molecule has 1 heterocycles. The fourth-order valence-electron chi connectivity index (χ4n) is 3.61. The van der Waals surface area contributed by atoms with Crippen molar-refractivity contribution in [3.63, 3.8) is 0 Å². The summed E-state index contributed by atoms with van der Waals surface area (Å²) in [6.07, 6.45) is -1.47. The Bertz CT molecular complexity index is 882. The van der Waals surface area contributed by atoms with Crippen LogP contribution in [0.5, 0.6) is 0 Å². The van der Waals surface area contributed by atoms with Crippen LogP contribution in [0.1, 0.15) is 51.2 Å². The SMILES string of the molecule is C=CCN=C(N(CC=C)CCCCCNC=O)C(F)(F)F.CC.C[C@H](O)[C@@H](O)C(=O)N1Cc2ccccc2C1. The lowest BCUT2D eigenvalue weighted by Gasteiger charge is -2.26. The number of fused-ring (bicyclic) bond motifs is 1. The molecule has 0 saturated carbocycles. The Balaban J connectivity index is 0.000000713. The number of hydrogen-bond acceptors (Lipinski definition) is 5. The molecule has 0 aliphatic carbocycles. The fraction of sp³-hybridized carbons (Fsp3) is 0.536. The van der Waals surface area contributed by atoms with Crippen LogP contribution in [-0.2, 0) is 22.7 Å². The van der Waals surface area contributed by atoms with Crippen LogP contribution in [0.3, 0.4) is 0 Å². The van der Waals surface area contributed by atoms with Gasteiger partial charge in [-0.15, -0.1) is 13.2 Å². The number of carbonyl (C=O) groups is 2. The van der Waals surface area contributed by atoms with Crippen molar-refractivity contribution in [1.82, 2.24) is 15.1 Å². The van der Waals surface area contributed by atoms with E-state index < -0.39 is 30.1 Å². The van der Waals surface area contributed by atoms with E-state index in [0.717, 1.165) is 24.0 Å². The van der Waals surface area contributed by atoms with Gasteiger partial charge in [-0.2, -0.15) is 13.2 Å². The van der Waals surface area contributed by atoms with E-state index in [1.807, 2.05) is 38.1 Å². The van der Waals surface area contributed by atoms with Crippen LogP contribution in [0.15, 0.2) is 54.6 Å². The number of halogens is 3. The highest BCUT2D eigenvalue weighted by Gasteiger charge is 2.39. The number of benzene rings is 1. The van der Waals surface area contributed by atoms with E-state index in [1.165, 1.54) is 24.0 Å². The maximum atomic E-state index is 13.0. The number of hydrogen-bond donors (Lipinski definition) is 3. The van der Waals surface area contributed by atoms with Crippen molar-refractivity contribution in [3.05, 3.63) is 60.7 Å². The number of aliphatic hydroxyl groups excluding tert-OH is 2. The first-order valence-corrected chi connectivity index (χ1v) is 13.0. The van der Waals surface area contributed by atoms with Crippen molar-refractivity contribution in [2.24, 2.45) is 4.99 Å². The zero-order valence-corrected chi connectivity index (χ0v) is 23.2. The number of alkyl halides is 3. The Morgan fingerprint density at radius 3 is 2.18 bits per heavy atom. The average molecular weight is 557 g/mol. The van der Waals surface area contributed by atoms with Crippen LogP contribution in [-0.4, -0.2) is 82.7 Å². The van der Waals surface area contributed by atoms with Gasteiger partial charge in [-0.05, 0) is 37.3 Å². The molecule has 220 valence electrons. The summed E-state index contributed by atoms with van der Waals surface area (Å²) >= 11 is 0. The third-order valence-electron chi connectivity index (χ3n) is 5.47. The molecule has 2 amide bonds. The van der Waals surface area contributed by atoms with E-state index in [2.05, 4.69) is 23.5 Å². The largest absolute Gasteiger partial charge is 0.449 e. The van der Waals surface area contributed by atoms with E-state index in [1.54, 1.807) is 4.90 Å². The lowest BCUT2D eigenvalue weighted by molar-refractivity contribution is -0.146. The minimum atomic E-state index is -4.49. The van der Waals surface area contributed by atoms with Crippen molar-refractivity contribution in [3.8, 4) is 0 Å². The molecule has 1 aromatic carbocycles. The summed E-state index contributed by atoms with van der Waals surface area (Å²) in [6, 6.07) is 7.80. The van der Waals surface area contributed by atoms with Gasteiger partial charge in [0.25, 0.3) is 5.91 Å². The van der Waals surface area contributed by atoms with Gasteiger partial charge in [-0.1, -0.05) is 50.3 Å². The number of nitrogens with one attached hydrogen (secondary N) is 1. The third kappa shape index (κ3) is 13.4.